The van der Waals surface area contributed by atoms with Crippen LogP contribution in [-0.4, -0.2) is 15.9 Å². The zero-order chi connectivity index (χ0) is 17.9. The lowest BCUT2D eigenvalue weighted by atomic mass is 10.1. The monoisotopic (exact) mass is 359 g/mol. The van der Waals surface area contributed by atoms with Gasteiger partial charge in [-0.25, -0.2) is 4.98 Å². The number of fused-ring (bicyclic) bond motifs is 1. The average Bonchev–Trinajstić information content (AvgIpc) is 3.10. The maximum atomic E-state index is 12.7. The SMILES string of the molecule is Cc1ccc(Cc2cnc(NC(=O)c3cccc4ncccc34)s2)cc1. The predicted octanol–water partition coefficient (Wildman–Crippen LogP) is 4.84. The fourth-order valence-corrected chi connectivity index (χ4v) is 3.66. The number of amides is 1. The molecule has 0 aliphatic carbocycles. The number of aryl methyl sites for hydroxylation is 1. The van der Waals surface area contributed by atoms with Crippen molar-refractivity contribution >= 4 is 33.3 Å². The molecule has 5 heteroatoms. The van der Waals surface area contributed by atoms with Gasteiger partial charge in [0.1, 0.15) is 0 Å². The predicted molar refractivity (Wildman–Crippen MR) is 106 cm³/mol. The maximum Gasteiger partial charge on any atom is 0.258 e. The summed E-state index contributed by atoms with van der Waals surface area (Å²) in [5, 5.41) is 4.35. The van der Waals surface area contributed by atoms with Crippen LogP contribution in [0.1, 0.15) is 26.4 Å². The summed E-state index contributed by atoms with van der Waals surface area (Å²) in [4.78, 5) is 22.4. The average molecular weight is 359 g/mol. The van der Waals surface area contributed by atoms with Crippen LogP contribution in [0.2, 0.25) is 0 Å². The molecule has 0 fully saturated rings. The highest BCUT2D eigenvalue weighted by Crippen LogP contribution is 2.23. The topological polar surface area (TPSA) is 54.9 Å². The van der Waals surface area contributed by atoms with Crippen LogP contribution in [-0.2, 0) is 6.42 Å². The number of hydrogen-bond donors (Lipinski definition) is 1. The molecule has 0 spiro atoms. The number of nitrogens with zero attached hydrogens (tertiary/aromatic N) is 2. The number of benzene rings is 2. The molecule has 1 amide bonds. The molecule has 0 bridgehead atoms. The van der Waals surface area contributed by atoms with Crippen LogP contribution in [0.3, 0.4) is 0 Å². The third-order valence-corrected chi connectivity index (χ3v) is 5.08. The molecule has 2 aromatic carbocycles. The summed E-state index contributed by atoms with van der Waals surface area (Å²) in [5.74, 6) is -0.167. The van der Waals surface area contributed by atoms with Gasteiger partial charge in [-0.15, -0.1) is 11.3 Å². The molecule has 4 aromatic rings. The van der Waals surface area contributed by atoms with E-state index in [1.807, 2.05) is 30.5 Å². The number of rotatable bonds is 4. The van der Waals surface area contributed by atoms with Crippen molar-refractivity contribution in [1.29, 1.82) is 0 Å². The molecule has 0 saturated heterocycles. The Kier molecular flexibility index (Phi) is 4.46. The highest BCUT2D eigenvalue weighted by molar-refractivity contribution is 7.15. The molecule has 0 radical (unpaired) electrons. The second-order valence-corrected chi connectivity index (χ2v) is 7.24. The molecule has 0 unspecified atom stereocenters. The largest absolute Gasteiger partial charge is 0.298 e. The zero-order valence-electron chi connectivity index (χ0n) is 14.3. The van der Waals surface area contributed by atoms with E-state index in [-0.39, 0.29) is 5.91 Å². The van der Waals surface area contributed by atoms with E-state index in [2.05, 4.69) is 46.5 Å². The van der Waals surface area contributed by atoms with E-state index < -0.39 is 0 Å². The zero-order valence-corrected chi connectivity index (χ0v) is 15.1. The summed E-state index contributed by atoms with van der Waals surface area (Å²) in [6, 6.07) is 17.7. The van der Waals surface area contributed by atoms with Crippen molar-refractivity contribution in [3.8, 4) is 0 Å². The fraction of sp³-hybridized carbons (Fsp3) is 0.0952. The molecule has 1 N–H and O–H groups in total. The lowest BCUT2D eigenvalue weighted by Gasteiger charge is -2.05. The van der Waals surface area contributed by atoms with Gasteiger partial charge in [-0.3, -0.25) is 15.1 Å². The number of thiazole rings is 1. The minimum atomic E-state index is -0.167. The maximum absolute atomic E-state index is 12.7. The Bertz CT molecular complexity index is 1060. The van der Waals surface area contributed by atoms with E-state index in [0.29, 0.717) is 10.7 Å². The lowest BCUT2D eigenvalue weighted by molar-refractivity contribution is 0.102. The normalized spacial score (nSPS) is 10.8. The molecule has 0 aliphatic rings. The van der Waals surface area contributed by atoms with Gasteiger partial charge in [-0.1, -0.05) is 42.0 Å². The van der Waals surface area contributed by atoms with Crippen LogP contribution in [0.4, 0.5) is 5.13 Å². The summed E-state index contributed by atoms with van der Waals surface area (Å²) in [5.41, 5.74) is 3.89. The van der Waals surface area contributed by atoms with Crippen LogP contribution in [0.15, 0.2) is 67.0 Å². The number of carbonyl (C=O) groups excluding carboxylic acids is 1. The van der Waals surface area contributed by atoms with Crippen LogP contribution >= 0.6 is 11.3 Å². The third-order valence-electron chi connectivity index (χ3n) is 4.16. The van der Waals surface area contributed by atoms with Crippen molar-refractivity contribution in [2.45, 2.75) is 13.3 Å². The summed E-state index contributed by atoms with van der Waals surface area (Å²) in [7, 11) is 0. The first-order valence-electron chi connectivity index (χ1n) is 8.34. The van der Waals surface area contributed by atoms with E-state index in [9.17, 15) is 4.79 Å². The Hall–Kier alpha value is -3.05. The molecular weight excluding hydrogens is 342 g/mol. The molecule has 2 aromatic heterocycles. The standard InChI is InChI=1S/C21H17N3OS/c1-14-7-9-15(10-8-14)12-16-13-23-21(26-16)24-20(25)18-4-2-6-19-17(18)5-3-11-22-19/h2-11,13H,12H2,1H3,(H,23,24,25). The quantitative estimate of drug-likeness (QED) is 0.567. The van der Waals surface area contributed by atoms with E-state index in [1.54, 1.807) is 12.3 Å². The van der Waals surface area contributed by atoms with Crippen molar-refractivity contribution in [3.63, 3.8) is 0 Å². The molecule has 4 rings (SSSR count). The van der Waals surface area contributed by atoms with Gasteiger partial charge >= 0.3 is 0 Å². The van der Waals surface area contributed by atoms with Crippen molar-refractivity contribution in [3.05, 3.63) is 88.6 Å². The lowest BCUT2D eigenvalue weighted by Crippen LogP contribution is -2.12. The van der Waals surface area contributed by atoms with E-state index in [4.69, 9.17) is 0 Å². The highest BCUT2D eigenvalue weighted by atomic mass is 32.1. The van der Waals surface area contributed by atoms with Crippen LogP contribution in [0, 0.1) is 6.92 Å². The van der Waals surface area contributed by atoms with Gasteiger partial charge in [0.15, 0.2) is 5.13 Å². The smallest absolute Gasteiger partial charge is 0.258 e. The first-order chi connectivity index (χ1) is 12.7. The van der Waals surface area contributed by atoms with E-state index >= 15 is 0 Å². The Morgan fingerprint density at radius 3 is 2.73 bits per heavy atom. The Morgan fingerprint density at radius 2 is 1.88 bits per heavy atom. The summed E-state index contributed by atoms with van der Waals surface area (Å²) in [6.45, 7) is 2.08. The second-order valence-electron chi connectivity index (χ2n) is 6.12. The summed E-state index contributed by atoms with van der Waals surface area (Å²) < 4.78 is 0. The van der Waals surface area contributed by atoms with Gasteiger partial charge in [0.2, 0.25) is 0 Å². The number of anilines is 1. The first-order valence-corrected chi connectivity index (χ1v) is 9.16. The second kappa shape index (κ2) is 7.06. The Balaban J connectivity index is 1.51. The molecule has 2 heterocycles. The molecule has 0 atom stereocenters. The van der Waals surface area contributed by atoms with Gasteiger partial charge in [-0.2, -0.15) is 0 Å². The van der Waals surface area contributed by atoms with Gasteiger partial charge in [0, 0.05) is 34.6 Å². The minimum Gasteiger partial charge on any atom is -0.298 e. The van der Waals surface area contributed by atoms with Crippen molar-refractivity contribution < 1.29 is 4.79 Å². The van der Waals surface area contributed by atoms with Gasteiger partial charge in [0.05, 0.1) is 5.52 Å². The molecule has 4 nitrogen and oxygen atoms in total. The number of hydrogen-bond acceptors (Lipinski definition) is 4. The summed E-state index contributed by atoms with van der Waals surface area (Å²) in [6.07, 6.45) is 4.36. The first kappa shape index (κ1) is 16.4. The Morgan fingerprint density at radius 1 is 1.04 bits per heavy atom. The number of carbonyl (C=O) groups is 1. The van der Waals surface area contributed by atoms with E-state index in [1.165, 1.54) is 22.5 Å². The molecule has 0 saturated carbocycles. The van der Waals surface area contributed by atoms with Gasteiger partial charge in [-0.05, 0) is 30.7 Å². The number of pyridine rings is 1. The van der Waals surface area contributed by atoms with Crippen molar-refractivity contribution in [2.24, 2.45) is 0 Å². The van der Waals surface area contributed by atoms with Gasteiger partial charge in [0.25, 0.3) is 5.91 Å². The molecule has 0 aliphatic heterocycles. The number of nitrogens with one attached hydrogen (secondary N) is 1. The Labute approximate surface area is 155 Å². The fourth-order valence-electron chi connectivity index (χ4n) is 2.82. The third kappa shape index (κ3) is 3.48. The highest BCUT2D eigenvalue weighted by Gasteiger charge is 2.12. The van der Waals surface area contributed by atoms with Crippen molar-refractivity contribution in [2.75, 3.05) is 5.32 Å². The molecular formula is C21H17N3OS. The summed E-state index contributed by atoms with van der Waals surface area (Å²) >= 11 is 1.50. The minimum absolute atomic E-state index is 0.167. The molecule has 128 valence electrons. The van der Waals surface area contributed by atoms with Crippen LogP contribution in [0.25, 0.3) is 10.9 Å². The van der Waals surface area contributed by atoms with E-state index in [0.717, 1.165) is 22.2 Å². The van der Waals surface area contributed by atoms with Crippen molar-refractivity contribution in [1.82, 2.24) is 9.97 Å². The molecule has 26 heavy (non-hydrogen) atoms. The van der Waals surface area contributed by atoms with Crippen LogP contribution < -0.4 is 5.32 Å². The van der Waals surface area contributed by atoms with Gasteiger partial charge < -0.3 is 0 Å². The van der Waals surface area contributed by atoms with Crippen LogP contribution in [0.5, 0.6) is 0 Å². The number of aromatic nitrogens is 2.